The van der Waals surface area contributed by atoms with Gasteiger partial charge in [0.25, 0.3) is 5.56 Å². The molecule has 0 amide bonds. The van der Waals surface area contributed by atoms with Gasteiger partial charge in [-0.25, -0.2) is 0 Å². The summed E-state index contributed by atoms with van der Waals surface area (Å²) in [4.78, 5) is 34.4. The van der Waals surface area contributed by atoms with Crippen LogP contribution in [-0.4, -0.2) is 42.5 Å². The molecule has 0 saturated heterocycles. The zero-order valence-electron chi connectivity index (χ0n) is 20.5. The van der Waals surface area contributed by atoms with E-state index >= 15 is 0 Å². The molecule has 2 aromatic carbocycles. The lowest BCUT2D eigenvalue weighted by Crippen LogP contribution is -2.29. The highest BCUT2D eigenvalue weighted by Crippen LogP contribution is 2.60. The third-order valence-electron chi connectivity index (χ3n) is 8.13. The van der Waals surface area contributed by atoms with Gasteiger partial charge in [0.2, 0.25) is 0 Å². The molecule has 10 heteroatoms. The van der Waals surface area contributed by atoms with Gasteiger partial charge in [-0.3, -0.25) is 19.6 Å². The van der Waals surface area contributed by atoms with Crippen molar-refractivity contribution in [3.63, 3.8) is 0 Å². The molecule has 0 radical (unpaired) electrons. The summed E-state index contributed by atoms with van der Waals surface area (Å²) in [5.41, 5.74) is 8.28. The standard InChI is InChI=1S/C29H20ClN7O2/c30-19-3-4-26(36-14-33-34-35-36)21(10-19)17-8-27-22-11-23(22)29(37(27)28(39)9-17)25-7-18(12-31-25)15-1-2-16-5-20(38)13-32-24(16)6-15/h1-4,6,8-10,12-14,22-23,29H,5,7,11H2/t22-,23+,29+/m1/s1. The Kier molecular flexibility index (Phi) is 4.75. The van der Waals surface area contributed by atoms with E-state index in [0.29, 0.717) is 29.7 Å². The maximum Gasteiger partial charge on any atom is 0.251 e. The number of carbonyl (C=O) groups is 1. The number of halogens is 1. The van der Waals surface area contributed by atoms with Crippen LogP contribution in [0.2, 0.25) is 5.02 Å². The minimum atomic E-state index is -0.0497. The molecule has 1 fully saturated rings. The van der Waals surface area contributed by atoms with Gasteiger partial charge in [-0.15, -0.1) is 5.10 Å². The molecule has 3 atom stereocenters. The number of fused-ring (bicyclic) bond motifs is 4. The Labute approximate surface area is 227 Å². The molecular formula is C29H20ClN7O2. The number of aromatic nitrogens is 5. The van der Waals surface area contributed by atoms with Gasteiger partial charge in [0, 0.05) is 53.0 Å². The highest BCUT2D eigenvalue weighted by Gasteiger charge is 2.54. The fourth-order valence-electron chi connectivity index (χ4n) is 6.25. The highest BCUT2D eigenvalue weighted by atomic mass is 35.5. The Morgan fingerprint density at radius 3 is 2.77 bits per heavy atom. The molecule has 1 saturated carbocycles. The average Bonchev–Trinajstić information content (AvgIpc) is 3.28. The Morgan fingerprint density at radius 2 is 1.90 bits per heavy atom. The zero-order valence-corrected chi connectivity index (χ0v) is 21.3. The summed E-state index contributed by atoms with van der Waals surface area (Å²) in [6.07, 6.45) is 6.94. The first-order chi connectivity index (χ1) is 19.0. The second kappa shape index (κ2) is 8.25. The molecule has 9 nitrogen and oxygen atoms in total. The normalized spacial score (nSPS) is 22.3. The predicted octanol–water partition coefficient (Wildman–Crippen LogP) is 4.52. The molecule has 1 aliphatic carbocycles. The third kappa shape index (κ3) is 3.57. The van der Waals surface area contributed by atoms with Crippen LogP contribution in [0.1, 0.15) is 41.6 Å². The highest BCUT2D eigenvalue weighted by molar-refractivity contribution is 6.31. The molecule has 8 rings (SSSR count). The molecule has 190 valence electrons. The van der Waals surface area contributed by atoms with E-state index in [4.69, 9.17) is 16.6 Å². The van der Waals surface area contributed by atoms with Crippen molar-refractivity contribution in [1.29, 1.82) is 0 Å². The lowest BCUT2D eigenvalue weighted by molar-refractivity contribution is -0.112. The van der Waals surface area contributed by atoms with Gasteiger partial charge in [0.15, 0.2) is 5.78 Å². The van der Waals surface area contributed by atoms with Crippen LogP contribution in [0.15, 0.2) is 75.8 Å². The Balaban J connectivity index is 1.12. The fraction of sp³-hybridized carbons (Fsp3) is 0.207. The summed E-state index contributed by atoms with van der Waals surface area (Å²) in [5.74, 6) is 0.730. The first-order valence-electron chi connectivity index (χ1n) is 12.8. The first-order valence-corrected chi connectivity index (χ1v) is 13.2. The molecule has 0 bridgehead atoms. The van der Waals surface area contributed by atoms with Crippen LogP contribution in [0.4, 0.5) is 5.69 Å². The summed E-state index contributed by atoms with van der Waals surface area (Å²) >= 11 is 6.35. The molecule has 5 heterocycles. The number of ketones is 1. The van der Waals surface area contributed by atoms with Crippen LogP contribution in [0.25, 0.3) is 22.4 Å². The van der Waals surface area contributed by atoms with E-state index in [1.807, 2.05) is 41.1 Å². The van der Waals surface area contributed by atoms with Crippen LogP contribution in [-0.2, 0) is 11.2 Å². The van der Waals surface area contributed by atoms with E-state index in [2.05, 4.69) is 26.6 Å². The van der Waals surface area contributed by atoms with Crippen molar-refractivity contribution in [2.75, 3.05) is 0 Å². The Bertz CT molecular complexity index is 1870. The van der Waals surface area contributed by atoms with Gasteiger partial charge in [-0.1, -0.05) is 23.7 Å². The summed E-state index contributed by atoms with van der Waals surface area (Å²) in [6, 6.07) is 15.3. The van der Waals surface area contributed by atoms with E-state index in [1.165, 1.54) is 12.5 Å². The summed E-state index contributed by atoms with van der Waals surface area (Å²) in [5, 5.41) is 12.1. The van der Waals surface area contributed by atoms with Crippen molar-refractivity contribution in [2.24, 2.45) is 15.9 Å². The van der Waals surface area contributed by atoms with Crippen molar-refractivity contribution >= 4 is 40.6 Å². The summed E-state index contributed by atoms with van der Waals surface area (Å²) in [6.45, 7) is 0. The van der Waals surface area contributed by atoms with Crippen molar-refractivity contribution in [3.05, 3.63) is 93.3 Å². The maximum absolute atomic E-state index is 13.6. The second-order valence-corrected chi connectivity index (χ2v) is 10.9. The quantitative estimate of drug-likeness (QED) is 0.383. The summed E-state index contributed by atoms with van der Waals surface area (Å²) < 4.78 is 3.51. The molecule has 39 heavy (non-hydrogen) atoms. The second-order valence-electron chi connectivity index (χ2n) is 10.4. The van der Waals surface area contributed by atoms with Gasteiger partial charge in [-0.05, 0) is 75.4 Å². The lowest BCUT2D eigenvalue weighted by Gasteiger charge is -2.20. The Morgan fingerprint density at radius 1 is 0.974 bits per heavy atom. The van der Waals surface area contributed by atoms with Gasteiger partial charge in [-0.2, -0.15) is 4.68 Å². The van der Waals surface area contributed by atoms with Crippen LogP contribution in [0, 0.1) is 5.92 Å². The van der Waals surface area contributed by atoms with E-state index in [-0.39, 0.29) is 17.4 Å². The van der Waals surface area contributed by atoms with Crippen molar-refractivity contribution in [1.82, 2.24) is 24.8 Å². The molecular weight excluding hydrogens is 514 g/mol. The van der Waals surface area contributed by atoms with E-state index in [9.17, 15) is 9.59 Å². The minimum absolute atomic E-state index is 0.0235. The van der Waals surface area contributed by atoms with Crippen LogP contribution >= 0.6 is 11.6 Å². The number of aliphatic imine (C=N–C) groups is 2. The number of nitrogens with zero attached hydrogens (tertiary/aromatic N) is 7. The third-order valence-corrected chi connectivity index (χ3v) is 8.37. The number of carbonyl (C=O) groups excluding carboxylic acids is 1. The van der Waals surface area contributed by atoms with Crippen molar-refractivity contribution < 1.29 is 4.79 Å². The SMILES string of the molecule is O=C1C=Nc2cc(C3=CN=C([C@@H]4[C@H]5C[C@H]5c5cc(-c6cc(Cl)ccc6-n6cnnn6)cc(=O)n54)C3)ccc2C1. The smallest absolute Gasteiger partial charge is 0.251 e. The van der Waals surface area contributed by atoms with Gasteiger partial charge in [0.1, 0.15) is 6.33 Å². The zero-order chi connectivity index (χ0) is 26.2. The van der Waals surface area contributed by atoms with Gasteiger partial charge in [0.05, 0.1) is 23.6 Å². The molecule has 0 N–H and O–H groups in total. The topological polar surface area (TPSA) is 107 Å². The molecule has 4 aromatic rings. The predicted molar refractivity (Wildman–Crippen MR) is 147 cm³/mol. The fourth-order valence-corrected chi connectivity index (χ4v) is 6.43. The lowest BCUT2D eigenvalue weighted by atomic mass is 9.95. The van der Waals surface area contributed by atoms with Gasteiger partial charge < -0.3 is 4.57 Å². The van der Waals surface area contributed by atoms with Gasteiger partial charge >= 0.3 is 0 Å². The number of hydrogen-bond donors (Lipinski definition) is 0. The number of pyridine rings is 1. The monoisotopic (exact) mass is 533 g/mol. The number of benzene rings is 2. The van der Waals surface area contributed by atoms with Crippen LogP contribution in [0.3, 0.4) is 0 Å². The van der Waals surface area contributed by atoms with Crippen LogP contribution < -0.4 is 5.56 Å². The average molecular weight is 534 g/mol. The molecule has 3 aliphatic heterocycles. The number of allylic oxidation sites excluding steroid dienone is 1. The molecule has 4 aliphatic rings. The maximum atomic E-state index is 13.6. The summed E-state index contributed by atoms with van der Waals surface area (Å²) in [7, 11) is 0. The molecule has 0 unspecified atom stereocenters. The first kappa shape index (κ1) is 22.5. The van der Waals surface area contributed by atoms with Crippen molar-refractivity contribution in [3.8, 4) is 16.8 Å². The van der Waals surface area contributed by atoms with Crippen molar-refractivity contribution in [2.45, 2.75) is 31.2 Å². The largest absolute Gasteiger partial charge is 0.303 e. The number of hydrogen-bond acceptors (Lipinski definition) is 7. The van der Waals surface area contributed by atoms with E-state index in [0.717, 1.165) is 57.0 Å². The minimum Gasteiger partial charge on any atom is -0.303 e. The van der Waals surface area contributed by atoms with E-state index < -0.39 is 0 Å². The van der Waals surface area contributed by atoms with Crippen LogP contribution in [0.5, 0.6) is 0 Å². The Hall–Kier alpha value is -4.50. The molecule has 2 aromatic heterocycles. The number of tetrazole rings is 1. The molecule has 0 spiro atoms. The number of Topliss-reactive ketones (excluding diaryl/α,β-unsaturated/α-hetero) is 1. The number of rotatable bonds is 4. The van der Waals surface area contributed by atoms with E-state index in [1.54, 1.807) is 16.8 Å².